The van der Waals surface area contributed by atoms with E-state index in [9.17, 15) is 4.79 Å². The van der Waals surface area contributed by atoms with Gasteiger partial charge in [-0.3, -0.25) is 9.48 Å². The molecule has 4 rings (SSSR count). The van der Waals surface area contributed by atoms with Gasteiger partial charge in [0.25, 0.3) is 5.91 Å². The first-order valence-electron chi connectivity index (χ1n) is 9.51. The van der Waals surface area contributed by atoms with Crippen molar-refractivity contribution in [2.45, 2.75) is 40.3 Å². The Bertz CT molecular complexity index is 1190. The van der Waals surface area contributed by atoms with Crippen molar-refractivity contribution in [1.29, 1.82) is 0 Å². The van der Waals surface area contributed by atoms with Gasteiger partial charge in [0.2, 0.25) is 0 Å². The van der Waals surface area contributed by atoms with Crippen molar-refractivity contribution in [1.82, 2.24) is 29.9 Å². The van der Waals surface area contributed by atoms with Crippen LogP contribution in [0.1, 0.15) is 50.8 Å². The number of carbonyl (C=O) groups excluding carboxylic acids is 1. The summed E-state index contributed by atoms with van der Waals surface area (Å²) in [6, 6.07) is 5.76. The van der Waals surface area contributed by atoms with E-state index >= 15 is 0 Å². The summed E-state index contributed by atoms with van der Waals surface area (Å²) in [4.78, 5) is 19.0. The normalized spacial score (nSPS) is 12.4. The molecule has 0 aliphatic rings. The number of hydrogen-bond donors (Lipinski definition) is 1. The smallest absolute Gasteiger partial charge is 0.252 e. The van der Waals surface area contributed by atoms with Crippen LogP contribution in [0.2, 0.25) is 0 Å². The lowest BCUT2D eigenvalue weighted by Crippen LogP contribution is -2.27. The van der Waals surface area contributed by atoms with E-state index in [4.69, 9.17) is 0 Å². The molecule has 0 spiro atoms. The first-order valence-corrected chi connectivity index (χ1v) is 10.4. The monoisotopic (exact) mass is 408 g/mol. The minimum Gasteiger partial charge on any atom is -0.345 e. The topological polar surface area (TPSA) is 77.6 Å². The minimum absolute atomic E-state index is 0.133. The Balaban J connectivity index is 1.66. The van der Waals surface area contributed by atoms with Crippen LogP contribution < -0.4 is 5.32 Å². The summed E-state index contributed by atoms with van der Waals surface area (Å²) in [5.74, 6) is -0.133. The van der Waals surface area contributed by atoms with Gasteiger partial charge in [0.05, 0.1) is 35.4 Å². The molecule has 1 atom stereocenters. The van der Waals surface area contributed by atoms with Crippen LogP contribution in [0.15, 0.2) is 29.8 Å². The zero-order valence-electron chi connectivity index (χ0n) is 17.2. The van der Waals surface area contributed by atoms with Gasteiger partial charge in [-0.2, -0.15) is 10.2 Å². The Morgan fingerprint density at radius 3 is 2.76 bits per heavy atom. The van der Waals surface area contributed by atoms with Gasteiger partial charge in [-0.25, -0.2) is 9.67 Å². The number of carbonyl (C=O) groups is 1. The van der Waals surface area contributed by atoms with Gasteiger partial charge in [0.15, 0.2) is 5.65 Å². The second kappa shape index (κ2) is 7.44. The van der Waals surface area contributed by atoms with Crippen LogP contribution in [0.4, 0.5) is 0 Å². The van der Waals surface area contributed by atoms with Crippen LogP contribution in [0.5, 0.6) is 0 Å². The van der Waals surface area contributed by atoms with Gasteiger partial charge in [-0.1, -0.05) is 6.07 Å². The molecule has 0 bridgehead atoms. The molecule has 150 valence electrons. The number of nitrogens with one attached hydrogen (secondary N) is 1. The van der Waals surface area contributed by atoms with Gasteiger partial charge in [-0.05, 0) is 45.2 Å². The van der Waals surface area contributed by atoms with Gasteiger partial charge in [0.1, 0.15) is 0 Å². The highest BCUT2D eigenvalue weighted by Gasteiger charge is 2.21. The predicted molar refractivity (Wildman–Crippen MR) is 114 cm³/mol. The molecule has 0 aliphatic carbocycles. The summed E-state index contributed by atoms with van der Waals surface area (Å²) in [5, 5.41) is 14.9. The quantitative estimate of drug-likeness (QED) is 0.546. The van der Waals surface area contributed by atoms with Crippen molar-refractivity contribution in [3.63, 3.8) is 0 Å². The van der Waals surface area contributed by atoms with Crippen LogP contribution in [0, 0.1) is 20.8 Å². The summed E-state index contributed by atoms with van der Waals surface area (Å²) in [7, 11) is 1.91. The van der Waals surface area contributed by atoms with Crippen LogP contribution in [-0.2, 0) is 13.6 Å². The van der Waals surface area contributed by atoms with Gasteiger partial charge in [0, 0.05) is 28.9 Å². The Morgan fingerprint density at radius 2 is 2.10 bits per heavy atom. The molecular formula is C21H24N6OS. The maximum absolute atomic E-state index is 13.1. The molecule has 1 N–H and O–H groups in total. The van der Waals surface area contributed by atoms with E-state index in [1.54, 1.807) is 17.5 Å². The van der Waals surface area contributed by atoms with E-state index in [0.717, 1.165) is 33.7 Å². The molecule has 0 aliphatic heterocycles. The number of rotatable bonds is 5. The molecule has 0 fully saturated rings. The summed E-state index contributed by atoms with van der Waals surface area (Å²) in [6.07, 6.45) is 1.73. The summed E-state index contributed by atoms with van der Waals surface area (Å²) in [5.41, 5.74) is 5.14. The fourth-order valence-electron chi connectivity index (χ4n) is 3.79. The van der Waals surface area contributed by atoms with E-state index in [0.29, 0.717) is 12.1 Å². The second-order valence-electron chi connectivity index (χ2n) is 7.33. The third-order valence-electron chi connectivity index (χ3n) is 5.21. The van der Waals surface area contributed by atoms with E-state index in [1.807, 2.05) is 61.6 Å². The average molecular weight is 409 g/mol. The number of amides is 1. The summed E-state index contributed by atoms with van der Waals surface area (Å²) < 4.78 is 3.69. The number of aromatic nitrogens is 5. The Morgan fingerprint density at radius 1 is 1.31 bits per heavy atom. The van der Waals surface area contributed by atoms with Gasteiger partial charge in [-0.15, -0.1) is 11.3 Å². The Hall–Kier alpha value is -3.00. The first-order chi connectivity index (χ1) is 13.8. The standard InChI is InChI=1S/C21H24N6OS/c1-12-9-17(21(28)24-13(2)19-14(3)25-26(5)15(19)4)18-10-22-27(20(18)23-12)11-16-7-6-8-29-16/h6-10,13H,11H2,1-5H3,(H,24,28). The molecule has 0 aromatic carbocycles. The lowest BCUT2D eigenvalue weighted by atomic mass is 10.1. The maximum Gasteiger partial charge on any atom is 0.252 e. The fourth-order valence-corrected chi connectivity index (χ4v) is 4.48. The zero-order chi connectivity index (χ0) is 20.7. The van der Waals surface area contributed by atoms with Crippen molar-refractivity contribution in [3.8, 4) is 0 Å². The highest BCUT2D eigenvalue weighted by Crippen LogP contribution is 2.24. The molecule has 29 heavy (non-hydrogen) atoms. The van der Waals surface area contributed by atoms with Gasteiger partial charge >= 0.3 is 0 Å². The molecule has 0 saturated heterocycles. The molecule has 4 aromatic heterocycles. The highest BCUT2D eigenvalue weighted by atomic mass is 32.1. The van der Waals surface area contributed by atoms with E-state index < -0.39 is 0 Å². The largest absolute Gasteiger partial charge is 0.345 e. The van der Waals surface area contributed by atoms with Crippen molar-refractivity contribution >= 4 is 28.3 Å². The van der Waals surface area contributed by atoms with E-state index in [2.05, 4.69) is 26.6 Å². The number of thiophene rings is 1. The Labute approximate surface area is 173 Å². The van der Waals surface area contributed by atoms with Crippen LogP contribution in [0.25, 0.3) is 11.0 Å². The number of hydrogen-bond acceptors (Lipinski definition) is 5. The van der Waals surface area contributed by atoms with Crippen molar-refractivity contribution in [2.75, 3.05) is 0 Å². The first kappa shape index (κ1) is 19.3. The second-order valence-corrected chi connectivity index (χ2v) is 8.37. The number of nitrogens with zero attached hydrogens (tertiary/aromatic N) is 5. The maximum atomic E-state index is 13.1. The molecule has 1 unspecified atom stereocenters. The average Bonchev–Trinajstić information content (AvgIpc) is 3.36. The van der Waals surface area contributed by atoms with Crippen LogP contribution in [0.3, 0.4) is 0 Å². The molecule has 7 nitrogen and oxygen atoms in total. The molecule has 0 radical (unpaired) electrons. The highest BCUT2D eigenvalue weighted by molar-refractivity contribution is 7.09. The van der Waals surface area contributed by atoms with Gasteiger partial charge < -0.3 is 5.32 Å². The van der Waals surface area contributed by atoms with Crippen molar-refractivity contribution in [2.24, 2.45) is 7.05 Å². The van der Waals surface area contributed by atoms with Crippen LogP contribution >= 0.6 is 11.3 Å². The van der Waals surface area contributed by atoms with Crippen molar-refractivity contribution < 1.29 is 4.79 Å². The fraction of sp³-hybridized carbons (Fsp3) is 0.333. The zero-order valence-corrected chi connectivity index (χ0v) is 18.0. The predicted octanol–water partition coefficient (Wildman–Crippen LogP) is 3.69. The molecule has 4 aromatic rings. The third-order valence-corrected chi connectivity index (χ3v) is 6.07. The summed E-state index contributed by atoms with van der Waals surface area (Å²) in [6.45, 7) is 8.51. The van der Waals surface area contributed by atoms with E-state index in [1.165, 1.54) is 4.88 Å². The van der Waals surface area contributed by atoms with E-state index in [-0.39, 0.29) is 11.9 Å². The SMILES string of the molecule is Cc1cc(C(=O)NC(C)c2c(C)nn(C)c2C)c2cnn(Cc3cccs3)c2n1. The molecule has 4 heterocycles. The molecular weight excluding hydrogens is 384 g/mol. The minimum atomic E-state index is -0.152. The number of pyridine rings is 1. The number of fused-ring (bicyclic) bond motifs is 1. The molecule has 8 heteroatoms. The summed E-state index contributed by atoms with van der Waals surface area (Å²) >= 11 is 1.68. The molecule has 0 saturated carbocycles. The lowest BCUT2D eigenvalue weighted by Gasteiger charge is -2.15. The van der Waals surface area contributed by atoms with Crippen LogP contribution in [-0.4, -0.2) is 30.5 Å². The lowest BCUT2D eigenvalue weighted by molar-refractivity contribution is 0.0941. The van der Waals surface area contributed by atoms with Crippen molar-refractivity contribution in [3.05, 3.63) is 62.9 Å². The Kier molecular flexibility index (Phi) is 4.96. The number of aryl methyl sites for hydroxylation is 3. The molecule has 1 amide bonds. The third kappa shape index (κ3) is 3.55.